The van der Waals surface area contributed by atoms with Crippen LogP contribution in [0.3, 0.4) is 0 Å². The Morgan fingerprint density at radius 3 is 2.77 bits per heavy atom. The Morgan fingerprint density at radius 2 is 2.03 bits per heavy atom. The monoisotopic (exact) mass is 444 g/mol. The van der Waals surface area contributed by atoms with Crippen LogP contribution in [0.1, 0.15) is 52.1 Å². The zero-order chi connectivity index (χ0) is 22.0. The fourth-order valence-electron chi connectivity index (χ4n) is 4.37. The van der Waals surface area contributed by atoms with E-state index in [1.165, 1.54) is 32.0 Å². The molecule has 1 amide bonds. The summed E-state index contributed by atoms with van der Waals surface area (Å²) in [6.07, 6.45) is 5.43. The first kappa shape index (κ1) is 21.7. The first-order chi connectivity index (χ1) is 15.0. The normalized spacial score (nSPS) is 14.5. The number of carbonyl (C=O) groups is 1. The summed E-state index contributed by atoms with van der Waals surface area (Å²) in [5.41, 5.74) is 3.80. The summed E-state index contributed by atoms with van der Waals surface area (Å²) in [7, 11) is 0. The second-order valence-electron chi connectivity index (χ2n) is 8.25. The number of benzene rings is 1. The summed E-state index contributed by atoms with van der Waals surface area (Å²) >= 11 is 6.21. The first-order valence-electron chi connectivity index (χ1n) is 10.8. The number of likely N-dealkylation sites (tertiary alicyclic amines) is 1. The van der Waals surface area contributed by atoms with E-state index in [0.29, 0.717) is 34.8 Å². The SMILES string of the molecule is Cc1nc2c(C(=O)NCCC[NH+]3CCCC3)cnn2c(C)c1Cc1c(F)cccc1Cl. The first-order valence-corrected chi connectivity index (χ1v) is 11.2. The maximum Gasteiger partial charge on any atom is 0.256 e. The minimum absolute atomic E-state index is 0.164. The molecule has 6 nitrogen and oxygen atoms in total. The van der Waals surface area contributed by atoms with Crippen LogP contribution in [0.5, 0.6) is 0 Å². The topological polar surface area (TPSA) is 63.7 Å². The number of fused-ring (bicyclic) bond motifs is 1. The molecule has 0 radical (unpaired) electrons. The number of quaternary nitrogens is 1. The van der Waals surface area contributed by atoms with E-state index in [1.54, 1.807) is 27.7 Å². The number of hydrogen-bond donors (Lipinski definition) is 2. The minimum atomic E-state index is -0.345. The second kappa shape index (κ2) is 9.32. The zero-order valence-corrected chi connectivity index (χ0v) is 18.7. The summed E-state index contributed by atoms with van der Waals surface area (Å²) in [5, 5.41) is 7.76. The van der Waals surface area contributed by atoms with Gasteiger partial charge in [0.15, 0.2) is 5.65 Å². The van der Waals surface area contributed by atoms with Gasteiger partial charge in [-0.3, -0.25) is 4.79 Å². The molecule has 0 atom stereocenters. The van der Waals surface area contributed by atoms with E-state index in [2.05, 4.69) is 15.4 Å². The summed E-state index contributed by atoms with van der Waals surface area (Å²) in [6.45, 7) is 7.98. The van der Waals surface area contributed by atoms with Crippen molar-refractivity contribution in [2.75, 3.05) is 26.2 Å². The van der Waals surface area contributed by atoms with Crippen LogP contribution in [0, 0.1) is 19.7 Å². The smallest absolute Gasteiger partial charge is 0.256 e. The number of amides is 1. The Hall–Kier alpha value is -2.51. The third kappa shape index (κ3) is 4.57. The molecule has 31 heavy (non-hydrogen) atoms. The fraction of sp³-hybridized carbons (Fsp3) is 0.435. The van der Waals surface area contributed by atoms with E-state index in [1.807, 2.05) is 13.8 Å². The molecule has 2 N–H and O–H groups in total. The van der Waals surface area contributed by atoms with Gasteiger partial charge in [0.2, 0.25) is 0 Å². The van der Waals surface area contributed by atoms with Crippen LogP contribution < -0.4 is 10.2 Å². The number of nitrogens with zero attached hydrogens (tertiary/aromatic N) is 3. The van der Waals surface area contributed by atoms with Crippen LogP contribution in [0.25, 0.3) is 5.65 Å². The maximum absolute atomic E-state index is 14.3. The molecule has 8 heteroatoms. The van der Waals surface area contributed by atoms with Gasteiger partial charge < -0.3 is 10.2 Å². The van der Waals surface area contributed by atoms with Crippen molar-refractivity contribution in [2.24, 2.45) is 0 Å². The molecule has 0 spiro atoms. The van der Waals surface area contributed by atoms with Crippen molar-refractivity contribution in [1.82, 2.24) is 19.9 Å². The minimum Gasteiger partial charge on any atom is -0.352 e. The number of halogens is 2. The Bertz CT molecular complexity index is 1090. The molecule has 0 bridgehead atoms. The van der Waals surface area contributed by atoms with Crippen molar-refractivity contribution in [1.29, 1.82) is 0 Å². The summed E-state index contributed by atoms with van der Waals surface area (Å²) in [5.74, 6) is -0.509. The number of rotatable bonds is 7. The molecule has 0 unspecified atom stereocenters. The predicted octanol–water partition coefficient (Wildman–Crippen LogP) is 2.53. The highest BCUT2D eigenvalue weighted by molar-refractivity contribution is 6.31. The predicted molar refractivity (Wildman–Crippen MR) is 118 cm³/mol. The van der Waals surface area contributed by atoms with Gasteiger partial charge in [0.05, 0.1) is 25.8 Å². The highest BCUT2D eigenvalue weighted by atomic mass is 35.5. The third-order valence-electron chi connectivity index (χ3n) is 6.17. The Morgan fingerprint density at radius 1 is 1.26 bits per heavy atom. The van der Waals surface area contributed by atoms with E-state index in [9.17, 15) is 9.18 Å². The molecule has 1 aliphatic rings. The third-order valence-corrected chi connectivity index (χ3v) is 6.53. The maximum atomic E-state index is 14.3. The van der Waals surface area contributed by atoms with Gasteiger partial charge >= 0.3 is 0 Å². The zero-order valence-electron chi connectivity index (χ0n) is 18.0. The Kier molecular flexibility index (Phi) is 6.53. The molecule has 0 saturated carbocycles. The average Bonchev–Trinajstić information content (AvgIpc) is 3.40. The van der Waals surface area contributed by atoms with Crippen LogP contribution in [0.2, 0.25) is 5.02 Å². The lowest BCUT2D eigenvalue weighted by molar-refractivity contribution is -0.887. The quantitative estimate of drug-likeness (QED) is 0.550. The van der Waals surface area contributed by atoms with Crippen LogP contribution in [-0.4, -0.2) is 46.7 Å². The lowest BCUT2D eigenvalue weighted by Gasteiger charge is -2.13. The van der Waals surface area contributed by atoms with Crippen molar-refractivity contribution in [2.45, 2.75) is 39.5 Å². The number of carbonyl (C=O) groups excluding carboxylic acids is 1. The van der Waals surface area contributed by atoms with Crippen molar-refractivity contribution >= 4 is 23.2 Å². The molecule has 164 valence electrons. The van der Waals surface area contributed by atoms with Gasteiger partial charge in [-0.15, -0.1) is 0 Å². The van der Waals surface area contributed by atoms with E-state index in [0.717, 1.165) is 29.9 Å². The van der Waals surface area contributed by atoms with Gasteiger partial charge in [-0.05, 0) is 31.5 Å². The van der Waals surface area contributed by atoms with Crippen molar-refractivity contribution in [3.63, 3.8) is 0 Å². The number of hydrogen-bond acceptors (Lipinski definition) is 3. The molecule has 1 aromatic carbocycles. The molecular formula is C23H28ClFN5O+. The van der Waals surface area contributed by atoms with Gasteiger partial charge in [0.1, 0.15) is 11.4 Å². The van der Waals surface area contributed by atoms with E-state index in [-0.39, 0.29) is 11.7 Å². The van der Waals surface area contributed by atoms with E-state index in [4.69, 9.17) is 11.6 Å². The van der Waals surface area contributed by atoms with Crippen molar-refractivity contribution < 1.29 is 14.1 Å². The number of aryl methyl sites for hydroxylation is 2. The van der Waals surface area contributed by atoms with Crippen LogP contribution in [-0.2, 0) is 6.42 Å². The van der Waals surface area contributed by atoms with Gasteiger partial charge in [-0.25, -0.2) is 13.9 Å². The highest BCUT2D eigenvalue weighted by Crippen LogP contribution is 2.26. The molecule has 4 rings (SSSR count). The number of aromatic nitrogens is 3. The highest BCUT2D eigenvalue weighted by Gasteiger charge is 2.20. The summed E-state index contributed by atoms with van der Waals surface area (Å²) in [6, 6.07) is 4.67. The summed E-state index contributed by atoms with van der Waals surface area (Å²) in [4.78, 5) is 19.0. The van der Waals surface area contributed by atoms with Gasteiger partial charge in [0.25, 0.3) is 5.91 Å². The molecule has 3 aromatic rings. The van der Waals surface area contributed by atoms with Crippen molar-refractivity contribution in [3.8, 4) is 0 Å². The van der Waals surface area contributed by atoms with Crippen molar-refractivity contribution in [3.05, 3.63) is 63.3 Å². The van der Waals surface area contributed by atoms with E-state index >= 15 is 0 Å². The largest absolute Gasteiger partial charge is 0.352 e. The van der Waals surface area contributed by atoms with Gasteiger partial charge in [-0.1, -0.05) is 17.7 Å². The van der Waals surface area contributed by atoms with Crippen LogP contribution >= 0.6 is 11.6 Å². The van der Waals surface area contributed by atoms with E-state index < -0.39 is 0 Å². The average molecular weight is 445 g/mol. The lowest BCUT2D eigenvalue weighted by atomic mass is 10.0. The van der Waals surface area contributed by atoms with Gasteiger partial charge in [-0.2, -0.15) is 5.10 Å². The molecule has 1 aliphatic heterocycles. The molecule has 0 aliphatic carbocycles. The molecular weight excluding hydrogens is 417 g/mol. The summed E-state index contributed by atoms with van der Waals surface area (Å²) < 4.78 is 15.9. The molecule has 2 aromatic heterocycles. The van der Waals surface area contributed by atoms with Gasteiger partial charge in [0, 0.05) is 54.2 Å². The molecule has 1 fully saturated rings. The fourth-order valence-corrected chi connectivity index (χ4v) is 4.60. The lowest BCUT2D eigenvalue weighted by Crippen LogP contribution is -3.10. The standard InChI is InChI=1S/C23H27ClFN5O/c1-15-17(13-18-20(24)7-5-8-21(18)25)16(2)30-22(28-15)19(14-27-30)23(31)26-9-6-12-29-10-3-4-11-29/h5,7-8,14H,3-4,6,9-13H2,1-2H3,(H,26,31)/p+1. The Balaban J connectivity index is 1.51. The molecule has 3 heterocycles. The molecule has 1 saturated heterocycles. The second-order valence-corrected chi connectivity index (χ2v) is 8.66. The Labute approximate surface area is 186 Å². The number of nitrogens with one attached hydrogen (secondary N) is 2. The van der Waals surface area contributed by atoms with Crippen LogP contribution in [0.15, 0.2) is 24.4 Å². The van der Waals surface area contributed by atoms with Crippen LogP contribution in [0.4, 0.5) is 4.39 Å².